The molecule has 1 aliphatic rings. The Kier molecular flexibility index (Phi) is 7.55. The molecule has 26 heavy (non-hydrogen) atoms. The lowest BCUT2D eigenvalue weighted by Crippen LogP contribution is -2.32. The first-order valence-electron chi connectivity index (χ1n) is 8.57. The third kappa shape index (κ3) is 6.08. The molecule has 0 unspecified atom stereocenters. The van der Waals surface area contributed by atoms with Crippen LogP contribution in [0.25, 0.3) is 0 Å². The summed E-state index contributed by atoms with van der Waals surface area (Å²) in [4.78, 5) is 23.5. The van der Waals surface area contributed by atoms with Gasteiger partial charge in [-0.15, -0.1) is 0 Å². The largest absolute Gasteiger partial charge is 0.452 e. The monoisotopic (exact) mass is 384 g/mol. The molecular weight excluding hydrogens is 360 g/mol. The lowest BCUT2D eigenvalue weighted by atomic mass is 10.2. The number of hydrogen-bond donors (Lipinski definition) is 2. The van der Waals surface area contributed by atoms with E-state index in [-0.39, 0.29) is 23.1 Å². The maximum Gasteiger partial charge on any atom is 0.338 e. The van der Waals surface area contributed by atoms with Crippen molar-refractivity contribution in [3.8, 4) is 0 Å². The van der Waals surface area contributed by atoms with E-state index in [1.54, 1.807) is 0 Å². The van der Waals surface area contributed by atoms with E-state index >= 15 is 0 Å². The van der Waals surface area contributed by atoms with Gasteiger partial charge in [0.2, 0.25) is 10.0 Å². The van der Waals surface area contributed by atoms with Crippen molar-refractivity contribution >= 4 is 21.9 Å². The zero-order chi connectivity index (χ0) is 19.0. The summed E-state index contributed by atoms with van der Waals surface area (Å²) < 4.78 is 37.5. The summed E-state index contributed by atoms with van der Waals surface area (Å²) in [6.07, 6.45) is 2.38. The van der Waals surface area contributed by atoms with Crippen LogP contribution in [0, 0.1) is 0 Å². The number of rotatable bonds is 9. The Bertz CT molecular complexity index is 729. The lowest BCUT2D eigenvalue weighted by molar-refractivity contribution is -0.124. The third-order valence-electron chi connectivity index (χ3n) is 3.81. The molecule has 0 aromatic heterocycles. The summed E-state index contributed by atoms with van der Waals surface area (Å²) in [5.41, 5.74) is 0.0632. The Morgan fingerprint density at radius 2 is 2.15 bits per heavy atom. The Balaban J connectivity index is 1.95. The summed E-state index contributed by atoms with van der Waals surface area (Å²) in [6, 6.07) is 5.51. The van der Waals surface area contributed by atoms with E-state index in [9.17, 15) is 18.0 Å². The van der Waals surface area contributed by atoms with Crippen molar-refractivity contribution in [3.63, 3.8) is 0 Å². The first-order chi connectivity index (χ1) is 12.4. The molecule has 1 aromatic rings. The molecule has 144 valence electrons. The number of carbonyl (C=O) groups excluding carboxylic acids is 2. The molecule has 0 radical (unpaired) electrons. The molecule has 0 bridgehead atoms. The van der Waals surface area contributed by atoms with Crippen molar-refractivity contribution in [2.75, 3.05) is 26.3 Å². The number of sulfonamides is 1. The second-order valence-corrected chi connectivity index (χ2v) is 7.71. The number of benzene rings is 1. The maximum absolute atomic E-state index is 12.4. The van der Waals surface area contributed by atoms with Crippen LogP contribution in [0.4, 0.5) is 0 Å². The minimum atomic E-state index is -3.76. The topological polar surface area (TPSA) is 111 Å². The van der Waals surface area contributed by atoms with E-state index in [0.717, 1.165) is 19.3 Å². The van der Waals surface area contributed by atoms with Crippen molar-refractivity contribution in [2.45, 2.75) is 37.2 Å². The van der Waals surface area contributed by atoms with Gasteiger partial charge in [0.25, 0.3) is 5.91 Å². The highest BCUT2D eigenvalue weighted by Gasteiger charge is 2.21. The minimum Gasteiger partial charge on any atom is -0.452 e. The second-order valence-electron chi connectivity index (χ2n) is 5.94. The standard InChI is InChI=1S/C17H24N2O6S/c1-2-8-18-16(20)12-25-17(21)13-5-3-7-15(10-13)26(22,23)19-11-14-6-4-9-24-14/h3,5,7,10,14,19H,2,4,6,8-9,11-12H2,1H3,(H,18,20)/t14-/m0/s1. The van der Waals surface area contributed by atoms with Crippen molar-refractivity contribution in [3.05, 3.63) is 29.8 Å². The number of nitrogens with one attached hydrogen (secondary N) is 2. The van der Waals surface area contributed by atoms with E-state index in [4.69, 9.17) is 9.47 Å². The number of carbonyl (C=O) groups is 2. The van der Waals surface area contributed by atoms with E-state index in [0.29, 0.717) is 13.2 Å². The number of amides is 1. The number of esters is 1. The van der Waals surface area contributed by atoms with Crippen LogP contribution in [-0.4, -0.2) is 52.7 Å². The van der Waals surface area contributed by atoms with Gasteiger partial charge in [-0.2, -0.15) is 0 Å². The molecule has 8 nitrogen and oxygen atoms in total. The van der Waals surface area contributed by atoms with Gasteiger partial charge in [0.15, 0.2) is 6.61 Å². The van der Waals surface area contributed by atoms with Crippen LogP contribution < -0.4 is 10.0 Å². The number of ether oxygens (including phenoxy) is 2. The summed E-state index contributed by atoms with van der Waals surface area (Å²) >= 11 is 0. The van der Waals surface area contributed by atoms with Crippen LogP contribution in [-0.2, 0) is 24.3 Å². The second kappa shape index (κ2) is 9.65. The van der Waals surface area contributed by atoms with Gasteiger partial charge in [-0.1, -0.05) is 13.0 Å². The maximum atomic E-state index is 12.4. The van der Waals surface area contributed by atoms with Gasteiger partial charge in [-0.25, -0.2) is 17.9 Å². The molecule has 9 heteroatoms. The fraction of sp³-hybridized carbons (Fsp3) is 0.529. The zero-order valence-corrected chi connectivity index (χ0v) is 15.5. The van der Waals surface area contributed by atoms with E-state index in [1.807, 2.05) is 6.92 Å². The summed E-state index contributed by atoms with van der Waals surface area (Å²) in [6.45, 7) is 2.83. The van der Waals surface area contributed by atoms with Gasteiger partial charge in [-0.05, 0) is 37.5 Å². The van der Waals surface area contributed by atoms with Crippen LogP contribution in [0.15, 0.2) is 29.2 Å². The molecule has 0 spiro atoms. The SMILES string of the molecule is CCCNC(=O)COC(=O)c1cccc(S(=O)(=O)NC[C@@H]2CCCO2)c1. The number of hydrogen-bond acceptors (Lipinski definition) is 6. The molecule has 1 saturated heterocycles. The first-order valence-corrected chi connectivity index (χ1v) is 10.1. The van der Waals surface area contributed by atoms with Crippen molar-refractivity contribution < 1.29 is 27.5 Å². The normalized spacial score (nSPS) is 17.0. The van der Waals surface area contributed by atoms with Crippen LogP contribution in [0.1, 0.15) is 36.5 Å². The van der Waals surface area contributed by atoms with E-state index < -0.39 is 28.5 Å². The van der Waals surface area contributed by atoms with Gasteiger partial charge < -0.3 is 14.8 Å². The quantitative estimate of drug-likeness (QED) is 0.610. The fourth-order valence-electron chi connectivity index (χ4n) is 2.41. The van der Waals surface area contributed by atoms with Crippen molar-refractivity contribution in [1.29, 1.82) is 0 Å². The Morgan fingerprint density at radius 1 is 1.35 bits per heavy atom. The highest BCUT2D eigenvalue weighted by molar-refractivity contribution is 7.89. The van der Waals surface area contributed by atoms with Gasteiger partial charge in [0.1, 0.15) is 0 Å². The Hall–Kier alpha value is -1.97. The van der Waals surface area contributed by atoms with Gasteiger partial charge >= 0.3 is 5.97 Å². The molecule has 0 saturated carbocycles. The zero-order valence-electron chi connectivity index (χ0n) is 14.7. The van der Waals surface area contributed by atoms with Crippen LogP contribution >= 0.6 is 0 Å². The van der Waals surface area contributed by atoms with Crippen LogP contribution in [0.3, 0.4) is 0 Å². The minimum absolute atomic E-state index is 0.0413. The predicted octanol–water partition coefficient (Wildman–Crippen LogP) is 0.827. The molecule has 1 fully saturated rings. The van der Waals surface area contributed by atoms with Crippen LogP contribution in [0.2, 0.25) is 0 Å². The van der Waals surface area contributed by atoms with E-state index in [2.05, 4.69) is 10.0 Å². The molecule has 2 rings (SSSR count). The average Bonchev–Trinajstić information content (AvgIpc) is 3.16. The molecule has 1 amide bonds. The third-order valence-corrected chi connectivity index (χ3v) is 5.23. The van der Waals surface area contributed by atoms with Gasteiger partial charge in [0, 0.05) is 19.7 Å². The summed E-state index contributed by atoms with van der Waals surface area (Å²) in [5.74, 6) is -1.16. The van der Waals surface area contributed by atoms with Gasteiger partial charge in [0.05, 0.1) is 16.6 Å². The Morgan fingerprint density at radius 3 is 2.85 bits per heavy atom. The lowest BCUT2D eigenvalue weighted by Gasteiger charge is -2.12. The molecule has 1 aliphatic heterocycles. The van der Waals surface area contributed by atoms with E-state index in [1.165, 1.54) is 24.3 Å². The highest BCUT2D eigenvalue weighted by atomic mass is 32.2. The van der Waals surface area contributed by atoms with Crippen molar-refractivity contribution in [2.24, 2.45) is 0 Å². The van der Waals surface area contributed by atoms with Crippen molar-refractivity contribution in [1.82, 2.24) is 10.0 Å². The Labute approximate surface area is 153 Å². The molecule has 1 atom stereocenters. The smallest absolute Gasteiger partial charge is 0.338 e. The highest BCUT2D eigenvalue weighted by Crippen LogP contribution is 2.15. The van der Waals surface area contributed by atoms with Crippen LogP contribution in [0.5, 0.6) is 0 Å². The molecule has 0 aliphatic carbocycles. The first kappa shape index (κ1) is 20.3. The molecule has 2 N–H and O–H groups in total. The van der Waals surface area contributed by atoms with Gasteiger partial charge in [-0.3, -0.25) is 4.79 Å². The predicted molar refractivity (Wildman–Crippen MR) is 94.2 cm³/mol. The molecular formula is C17H24N2O6S. The molecule has 1 heterocycles. The fourth-order valence-corrected chi connectivity index (χ4v) is 3.52. The average molecular weight is 384 g/mol. The molecule has 1 aromatic carbocycles. The summed E-state index contributed by atoms with van der Waals surface area (Å²) in [5, 5.41) is 2.58. The summed E-state index contributed by atoms with van der Waals surface area (Å²) in [7, 11) is -3.76.